The van der Waals surface area contributed by atoms with Crippen molar-refractivity contribution in [3.8, 4) is 0 Å². The van der Waals surface area contributed by atoms with E-state index in [2.05, 4.69) is 5.32 Å². The van der Waals surface area contributed by atoms with Crippen LogP contribution < -0.4 is 5.32 Å². The fourth-order valence-corrected chi connectivity index (χ4v) is 1.95. The maximum absolute atomic E-state index is 11.4. The quantitative estimate of drug-likeness (QED) is 0.887. The highest BCUT2D eigenvalue weighted by molar-refractivity contribution is 6.42. The van der Waals surface area contributed by atoms with Crippen LogP contribution in [0.15, 0.2) is 18.2 Å². The molecule has 94 valence electrons. The molecule has 1 unspecified atom stereocenters. The van der Waals surface area contributed by atoms with E-state index in [0.717, 1.165) is 0 Å². The minimum atomic E-state index is -1.18. The average Bonchev–Trinajstić information content (AvgIpc) is 2.20. The fourth-order valence-electron chi connectivity index (χ4n) is 1.65. The van der Waals surface area contributed by atoms with Crippen LogP contribution in [0.2, 0.25) is 10.0 Å². The van der Waals surface area contributed by atoms with Gasteiger partial charge >= 0.3 is 5.97 Å². The van der Waals surface area contributed by atoms with Crippen molar-refractivity contribution in [2.24, 2.45) is 0 Å². The van der Waals surface area contributed by atoms with E-state index < -0.39 is 11.5 Å². The van der Waals surface area contributed by atoms with Crippen molar-refractivity contribution in [3.63, 3.8) is 0 Å². The number of rotatable bonds is 4. The van der Waals surface area contributed by atoms with Gasteiger partial charge in [-0.05, 0) is 38.5 Å². The standard InChI is InChI=1S/C12H15Cl2NO2/c1-7(2)15-12(3,11(16)17)8-4-5-9(13)10(14)6-8/h4-7,15H,1-3H3,(H,16,17). The largest absolute Gasteiger partial charge is 0.480 e. The zero-order chi connectivity index (χ0) is 13.2. The molecule has 0 fully saturated rings. The summed E-state index contributed by atoms with van der Waals surface area (Å²) in [6, 6.07) is 4.87. The SMILES string of the molecule is CC(C)NC(C)(C(=O)O)c1ccc(Cl)c(Cl)c1. The third-order valence-electron chi connectivity index (χ3n) is 2.50. The van der Waals surface area contributed by atoms with Gasteiger partial charge in [0.2, 0.25) is 0 Å². The second kappa shape index (κ2) is 5.25. The summed E-state index contributed by atoms with van der Waals surface area (Å²) in [5, 5.41) is 13.1. The normalized spacial score (nSPS) is 14.7. The summed E-state index contributed by atoms with van der Waals surface area (Å²) in [6.07, 6.45) is 0. The van der Waals surface area contributed by atoms with E-state index in [4.69, 9.17) is 23.2 Å². The lowest BCUT2D eigenvalue weighted by molar-refractivity contribution is -0.144. The minimum Gasteiger partial charge on any atom is -0.480 e. The highest BCUT2D eigenvalue weighted by Crippen LogP contribution is 2.29. The maximum Gasteiger partial charge on any atom is 0.328 e. The topological polar surface area (TPSA) is 49.3 Å². The highest BCUT2D eigenvalue weighted by Gasteiger charge is 2.35. The van der Waals surface area contributed by atoms with E-state index in [1.54, 1.807) is 25.1 Å². The lowest BCUT2D eigenvalue weighted by atomic mass is 9.91. The van der Waals surface area contributed by atoms with Crippen LogP contribution >= 0.6 is 23.2 Å². The van der Waals surface area contributed by atoms with Gasteiger partial charge in [0.25, 0.3) is 0 Å². The lowest BCUT2D eigenvalue weighted by Gasteiger charge is -2.29. The first-order chi connectivity index (χ1) is 7.77. The van der Waals surface area contributed by atoms with E-state index in [9.17, 15) is 9.90 Å². The zero-order valence-electron chi connectivity index (χ0n) is 9.92. The number of carbonyl (C=O) groups is 1. The summed E-state index contributed by atoms with van der Waals surface area (Å²) < 4.78 is 0. The van der Waals surface area contributed by atoms with E-state index in [-0.39, 0.29) is 6.04 Å². The Labute approximate surface area is 111 Å². The number of halogens is 2. The number of hydrogen-bond donors (Lipinski definition) is 2. The number of carboxylic acids is 1. The number of carboxylic acid groups (broad SMARTS) is 1. The summed E-state index contributed by atoms with van der Waals surface area (Å²) in [4.78, 5) is 11.4. The Morgan fingerprint density at radius 2 is 1.94 bits per heavy atom. The van der Waals surface area contributed by atoms with Gasteiger partial charge in [-0.3, -0.25) is 5.32 Å². The molecule has 0 spiro atoms. The van der Waals surface area contributed by atoms with Gasteiger partial charge in [-0.1, -0.05) is 29.3 Å². The number of hydrogen-bond acceptors (Lipinski definition) is 2. The molecule has 3 nitrogen and oxygen atoms in total. The van der Waals surface area contributed by atoms with Gasteiger partial charge in [-0.25, -0.2) is 4.79 Å². The second-order valence-corrected chi connectivity index (χ2v) is 5.17. The molecular formula is C12H15Cl2NO2. The van der Waals surface area contributed by atoms with Gasteiger partial charge in [-0.2, -0.15) is 0 Å². The summed E-state index contributed by atoms with van der Waals surface area (Å²) in [5.41, 5.74) is -0.601. The third-order valence-corrected chi connectivity index (χ3v) is 3.24. The van der Waals surface area contributed by atoms with Crippen molar-refractivity contribution in [3.05, 3.63) is 33.8 Å². The van der Waals surface area contributed by atoms with Crippen LogP contribution in [0, 0.1) is 0 Å². The summed E-state index contributed by atoms with van der Waals surface area (Å²) >= 11 is 11.7. The van der Waals surface area contributed by atoms with Crippen molar-refractivity contribution in [2.45, 2.75) is 32.4 Å². The van der Waals surface area contributed by atoms with Gasteiger partial charge in [0.1, 0.15) is 5.54 Å². The van der Waals surface area contributed by atoms with Gasteiger partial charge in [0.05, 0.1) is 10.0 Å². The first kappa shape index (κ1) is 14.3. The van der Waals surface area contributed by atoms with Crippen molar-refractivity contribution < 1.29 is 9.90 Å². The Balaban J connectivity index is 3.22. The van der Waals surface area contributed by atoms with E-state index >= 15 is 0 Å². The predicted octanol–water partition coefficient (Wildman–Crippen LogP) is 3.29. The molecule has 0 aliphatic carbocycles. The first-order valence-corrected chi connectivity index (χ1v) is 5.99. The monoisotopic (exact) mass is 275 g/mol. The fraction of sp³-hybridized carbons (Fsp3) is 0.417. The minimum absolute atomic E-state index is 0.0329. The molecule has 1 rings (SSSR count). The maximum atomic E-state index is 11.4. The van der Waals surface area contributed by atoms with Crippen LogP contribution in [0.1, 0.15) is 26.3 Å². The Morgan fingerprint density at radius 3 is 2.35 bits per heavy atom. The molecule has 0 saturated heterocycles. The molecule has 17 heavy (non-hydrogen) atoms. The van der Waals surface area contributed by atoms with Gasteiger partial charge in [-0.15, -0.1) is 0 Å². The third kappa shape index (κ3) is 3.12. The molecule has 0 heterocycles. The Bertz CT molecular complexity index is 435. The van der Waals surface area contributed by atoms with Crippen molar-refractivity contribution in [1.29, 1.82) is 0 Å². The average molecular weight is 276 g/mol. The molecule has 0 aliphatic heterocycles. The molecule has 2 N–H and O–H groups in total. The van der Waals surface area contributed by atoms with E-state index in [1.807, 2.05) is 13.8 Å². The molecule has 0 bridgehead atoms. The van der Waals surface area contributed by atoms with Crippen LogP contribution in [0.5, 0.6) is 0 Å². The Morgan fingerprint density at radius 1 is 1.35 bits per heavy atom. The molecular weight excluding hydrogens is 261 g/mol. The smallest absolute Gasteiger partial charge is 0.328 e. The predicted molar refractivity (Wildman–Crippen MR) is 69.7 cm³/mol. The highest BCUT2D eigenvalue weighted by atomic mass is 35.5. The van der Waals surface area contributed by atoms with Gasteiger partial charge in [0.15, 0.2) is 0 Å². The summed E-state index contributed by atoms with van der Waals surface area (Å²) in [7, 11) is 0. The molecule has 5 heteroatoms. The summed E-state index contributed by atoms with van der Waals surface area (Å²) in [5.74, 6) is -0.954. The second-order valence-electron chi connectivity index (χ2n) is 4.36. The molecule has 1 aromatic rings. The zero-order valence-corrected chi connectivity index (χ0v) is 11.4. The molecule has 0 saturated carbocycles. The molecule has 0 radical (unpaired) electrons. The van der Waals surface area contributed by atoms with Gasteiger partial charge < -0.3 is 5.11 Å². The van der Waals surface area contributed by atoms with E-state index in [1.165, 1.54) is 0 Å². The summed E-state index contributed by atoms with van der Waals surface area (Å²) in [6.45, 7) is 5.38. The first-order valence-electron chi connectivity index (χ1n) is 5.24. The molecule has 0 amide bonds. The van der Waals surface area contributed by atoms with Gasteiger partial charge in [0, 0.05) is 6.04 Å². The van der Waals surface area contributed by atoms with Crippen molar-refractivity contribution >= 4 is 29.2 Å². The van der Waals surface area contributed by atoms with E-state index in [0.29, 0.717) is 15.6 Å². The van der Waals surface area contributed by atoms with Crippen LogP contribution in [0.3, 0.4) is 0 Å². The van der Waals surface area contributed by atoms with Crippen molar-refractivity contribution in [1.82, 2.24) is 5.32 Å². The lowest BCUT2D eigenvalue weighted by Crippen LogP contribution is -2.49. The molecule has 0 aromatic heterocycles. The molecule has 1 aromatic carbocycles. The van der Waals surface area contributed by atoms with Crippen LogP contribution in [0.25, 0.3) is 0 Å². The van der Waals surface area contributed by atoms with Crippen molar-refractivity contribution in [2.75, 3.05) is 0 Å². The Hall–Kier alpha value is -0.770. The molecule has 0 aliphatic rings. The van der Waals surface area contributed by atoms with Crippen LogP contribution in [0.4, 0.5) is 0 Å². The van der Waals surface area contributed by atoms with Crippen LogP contribution in [-0.2, 0) is 10.3 Å². The van der Waals surface area contributed by atoms with Crippen LogP contribution in [-0.4, -0.2) is 17.1 Å². The number of benzene rings is 1. The Kier molecular flexibility index (Phi) is 4.42. The molecule has 1 atom stereocenters. The number of aliphatic carboxylic acids is 1. The number of nitrogens with one attached hydrogen (secondary N) is 1.